The summed E-state index contributed by atoms with van der Waals surface area (Å²) in [5.41, 5.74) is 1.75. The molecule has 1 N–H and O–H groups in total. The molecular formula is C13H17N5O3. The number of carbonyl (C=O) groups excluding carboxylic acids is 1. The van der Waals surface area contributed by atoms with Crippen LogP contribution in [0.4, 0.5) is 0 Å². The first kappa shape index (κ1) is 13.7. The van der Waals surface area contributed by atoms with Crippen molar-refractivity contribution >= 4 is 5.97 Å². The molecule has 1 fully saturated rings. The molecule has 8 heteroatoms. The van der Waals surface area contributed by atoms with Crippen molar-refractivity contribution in [1.82, 2.24) is 25.5 Å². The van der Waals surface area contributed by atoms with E-state index in [2.05, 4.69) is 20.8 Å². The van der Waals surface area contributed by atoms with Crippen molar-refractivity contribution in [2.45, 2.75) is 32.4 Å². The lowest BCUT2D eigenvalue weighted by Gasteiger charge is -2.13. The van der Waals surface area contributed by atoms with Gasteiger partial charge in [0, 0.05) is 6.07 Å². The summed E-state index contributed by atoms with van der Waals surface area (Å²) < 4.78 is 11.5. The number of nitrogens with zero attached hydrogens (tertiary/aromatic N) is 4. The lowest BCUT2D eigenvalue weighted by molar-refractivity contribution is 0.0591. The molecule has 1 saturated heterocycles. The maximum absolute atomic E-state index is 11.9. The maximum Gasteiger partial charge on any atom is 0.360 e. The Kier molecular flexibility index (Phi) is 3.70. The van der Waals surface area contributed by atoms with Crippen molar-refractivity contribution in [2.75, 3.05) is 13.7 Å². The molecule has 3 heterocycles. The third kappa shape index (κ3) is 2.66. The van der Waals surface area contributed by atoms with E-state index in [4.69, 9.17) is 9.26 Å². The maximum atomic E-state index is 11.9. The van der Waals surface area contributed by atoms with Crippen LogP contribution in [0.15, 0.2) is 10.6 Å². The second-order valence-corrected chi connectivity index (χ2v) is 5.05. The van der Waals surface area contributed by atoms with Crippen LogP contribution < -0.4 is 5.32 Å². The van der Waals surface area contributed by atoms with Crippen molar-refractivity contribution in [2.24, 2.45) is 0 Å². The van der Waals surface area contributed by atoms with E-state index in [0.29, 0.717) is 6.54 Å². The van der Waals surface area contributed by atoms with Crippen LogP contribution in [0.1, 0.15) is 46.5 Å². The first-order valence-electron chi connectivity index (χ1n) is 6.86. The summed E-state index contributed by atoms with van der Waals surface area (Å²) in [6, 6.07) is 1.90. The van der Waals surface area contributed by atoms with Gasteiger partial charge in [0.25, 0.3) is 0 Å². The molecule has 2 aromatic rings. The molecule has 1 atom stereocenters. The number of aromatic nitrogens is 4. The average molecular weight is 291 g/mol. The minimum absolute atomic E-state index is 0.0575. The summed E-state index contributed by atoms with van der Waals surface area (Å²) in [4.78, 5) is 11.9. The van der Waals surface area contributed by atoms with Crippen molar-refractivity contribution in [3.8, 4) is 0 Å². The van der Waals surface area contributed by atoms with Crippen LogP contribution in [0.5, 0.6) is 0 Å². The van der Waals surface area contributed by atoms with Gasteiger partial charge in [-0.2, -0.15) is 0 Å². The fourth-order valence-electron chi connectivity index (χ4n) is 2.59. The molecule has 0 bridgehead atoms. The molecule has 0 saturated carbocycles. The van der Waals surface area contributed by atoms with E-state index in [1.807, 2.05) is 13.0 Å². The van der Waals surface area contributed by atoms with Crippen LogP contribution in [-0.2, 0) is 11.3 Å². The quantitative estimate of drug-likeness (QED) is 0.834. The van der Waals surface area contributed by atoms with Crippen LogP contribution in [0.3, 0.4) is 0 Å². The van der Waals surface area contributed by atoms with Crippen LogP contribution in [-0.4, -0.2) is 39.8 Å². The predicted octanol–water partition coefficient (Wildman–Crippen LogP) is 0.834. The van der Waals surface area contributed by atoms with E-state index in [1.54, 1.807) is 4.68 Å². The van der Waals surface area contributed by atoms with Gasteiger partial charge in [0.1, 0.15) is 11.5 Å². The van der Waals surface area contributed by atoms with Crippen LogP contribution >= 0.6 is 0 Å². The summed E-state index contributed by atoms with van der Waals surface area (Å²) in [7, 11) is 1.34. The van der Waals surface area contributed by atoms with Gasteiger partial charge in [-0.25, -0.2) is 9.48 Å². The zero-order valence-corrected chi connectivity index (χ0v) is 12.0. The minimum Gasteiger partial charge on any atom is -0.464 e. The molecule has 3 rings (SSSR count). The molecule has 2 aromatic heterocycles. The van der Waals surface area contributed by atoms with Gasteiger partial charge in [0.15, 0.2) is 5.69 Å². The van der Waals surface area contributed by atoms with E-state index in [9.17, 15) is 4.79 Å². The highest BCUT2D eigenvalue weighted by atomic mass is 16.5. The fourth-order valence-corrected chi connectivity index (χ4v) is 2.59. The molecule has 1 aliphatic heterocycles. The summed E-state index contributed by atoms with van der Waals surface area (Å²) in [6.07, 6.45) is 1.99. The monoisotopic (exact) mass is 291 g/mol. The van der Waals surface area contributed by atoms with E-state index in [-0.39, 0.29) is 11.7 Å². The number of aryl methyl sites for hydroxylation is 1. The average Bonchev–Trinajstić information content (AvgIpc) is 3.19. The zero-order valence-electron chi connectivity index (χ0n) is 12.0. The topological polar surface area (TPSA) is 95.1 Å². The molecule has 0 amide bonds. The van der Waals surface area contributed by atoms with Gasteiger partial charge in [0.2, 0.25) is 0 Å². The second kappa shape index (κ2) is 5.65. The Morgan fingerprint density at radius 2 is 2.48 bits per heavy atom. The summed E-state index contributed by atoms with van der Waals surface area (Å²) in [5.74, 6) is 0.264. The molecule has 21 heavy (non-hydrogen) atoms. The zero-order chi connectivity index (χ0) is 14.8. The highest BCUT2D eigenvalue weighted by molar-refractivity contribution is 5.88. The lowest BCUT2D eigenvalue weighted by Crippen LogP contribution is -2.21. The van der Waals surface area contributed by atoms with Gasteiger partial charge < -0.3 is 14.6 Å². The highest BCUT2D eigenvalue weighted by Gasteiger charge is 2.29. The van der Waals surface area contributed by atoms with Gasteiger partial charge in [-0.05, 0) is 26.3 Å². The Bertz CT molecular complexity index is 642. The number of nitrogens with one attached hydrogen (secondary N) is 1. The fraction of sp³-hybridized carbons (Fsp3) is 0.538. The Morgan fingerprint density at radius 1 is 1.62 bits per heavy atom. The summed E-state index contributed by atoms with van der Waals surface area (Å²) >= 11 is 0. The Labute approximate surface area is 121 Å². The molecule has 1 aliphatic rings. The first-order valence-corrected chi connectivity index (χ1v) is 6.86. The van der Waals surface area contributed by atoms with Crippen molar-refractivity contribution in [3.63, 3.8) is 0 Å². The Morgan fingerprint density at radius 3 is 3.10 bits per heavy atom. The lowest BCUT2D eigenvalue weighted by atomic mass is 10.1. The van der Waals surface area contributed by atoms with Gasteiger partial charge >= 0.3 is 5.97 Å². The first-order chi connectivity index (χ1) is 10.2. The molecule has 8 nitrogen and oxygen atoms in total. The highest BCUT2D eigenvalue weighted by Crippen LogP contribution is 2.26. The van der Waals surface area contributed by atoms with Crippen molar-refractivity contribution < 1.29 is 14.1 Å². The molecular weight excluding hydrogens is 274 g/mol. The van der Waals surface area contributed by atoms with Gasteiger partial charge in [0.05, 0.1) is 25.4 Å². The van der Waals surface area contributed by atoms with E-state index in [0.717, 1.165) is 36.5 Å². The smallest absolute Gasteiger partial charge is 0.360 e. The van der Waals surface area contributed by atoms with E-state index >= 15 is 0 Å². The largest absolute Gasteiger partial charge is 0.464 e. The SMILES string of the molecule is COC(=O)c1nnn(Cc2cc(C)on2)c1C1CCCN1. The molecule has 0 spiro atoms. The molecule has 0 radical (unpaired) electrons. The number of carbonyl (C=O) groups is 1. The Balaban J connectivity index is 1.95. The third-order valence-electron chi connectivity index (χ3n) is 3.53. The second-order valence-electron chi connectivity index (χ2n) is 5.05. The normalized spacial score (nSPS) is 18.1. The molecule has 0 aromatic carbocycles. The van der Waals surface area contributed by atoms with E-state index in [1.165, 1.54) is 7.11 Å². The van der Waals surface area contributed by atoms with Crippen LogP contribution in [0.25, 0.3) is 0 Å². The Hall–Kier alpha value is -2.22. The predicted molar refractivity (Wildman–Crippen MR) is 71.7 cm³/mol. The van der Waals surface area contributed by atoms with Crippen molar-refractivity contribution in [1.29, 1.82) is 0 Å². The molecule has 112 valence electrons. The van der Waals surface area contributed by atoms with Gasteiger partial charge in [-0.1, -0.05) is 10.4 Å². The summed E-state index contributed by atoms with van der Waals surface area (Å²) in [6.45, 7) is 3.16. The number of methoxy groups -OCH3 is 1. The molecule has 0 aliphatic carbocycles. The van der Waals surface area contributed by atoms with E-state index < -0.39 is 5.97 Å². The summed E-state index contributed by atoms with van der Waals surface area (Å²) in [5, 5.41) is 15.4. The van der Waals surface area contributed by atoms with Crippen LogP contribution in [0, 0.1) is 6.92 Å². The van der Waals surface area contributed by atoms with Crippen molar-refractivity contribution in [3.05, 3.63) is 28.9 Å². The minimum atomic E-state index is -0.471. The molecule has 1 unspecified atom stereocenters. The number of hydrogen-bond donors (Lipinski definition) is 1. The number of hydrogen-bond acceptors (Lipinski definition) is 7. The number of rotatable bonds is 4. The number of ether oxygens (including phenoxy) is 1. The number of esters is 1. The standard InChI is InChI=1S/C13H17N5O3/c1-8-6-9(16-21-8)7-18-12(10-4-3-5-14-10)11(15-17-18)13(19)20-2/h6,10,14H,3-5,7H2,1-2H3. The third-order valence-corrected chi connectivity index (χ3v) is 3.53. The van der Waals surface area contributed by atoms with Gasteiger partial charge in [-0.3, -0.25) is 0 Å². The van der Waals surface area contributed by atoms with Crippen LogP contribution in [0.2, 0.25) is 0 Å². The van der Waals surface area contributed by atoms with Gasteiger partial charge in [-0.15, -0.1) is 5.10 Å².